The van der Waals surface area contributed by atoms with E-state index in [1.807, 2.05) is 6.07 Å². The van der Waals surface area contributed by atoms with Crippen LogP contribution < -0.4 is 4.74 Å². The summed E-state index contributed by atoms with van der Waals surface area (Å²) >= 11 is 0. The van der Waals surface area contributed by atoms with E-state index in [0.717, 1.165) is 0 Å². The second-order valence-corrected chi connectivity index (χ2v) is 4.32. The summed E-state index contributed by atoms with van der Waals surface area (Å²) in [6.45, 7) is 0. The molecular weight excluding hydrogens is 266 g/mol. The van der Waals surface area contributed by atoms with E-state index in [0.29, 0.717) is 22.4 Å². The third kappa shape index (κ3) is 3.48. The number of phenols is 1. The fraction of sp³-hybridized carbons (Fsp3) is 0.0588. The maximum absolute atomic E-state index is 12.0. The Morgan fingerprint density at radius 2 is 1.95 bits per heavy atom. The summed E-state index contributed by atoms with van der Waals surface area (Å²) in [6.07, 6.45) is 3.03. The first kappa shape index (κ1) is 14.4. The third-order valence-corrected chi connectivity index (χ3v) is 2.93. The summed E-state index contributed by atoms with van der Waals surface area (Å²) in [7, 11) is 1.47. The smallest absolute Gasteiger partial charge is 0.185 e. The van der Waals surface area contributed by atoms with Crippen molar-refractivity contribution >= 4 is 11.9 Å². The van der Waals surface area contributed by atoms with Crippen molar-refractivity contribution in [3.63, 3.8) is 0 Å². The number of ether oxygens (including phenoxy) is 1. The molecule has 0 heterocycles. The van der Waals surface area contributed by atoms with Crippen LogP contribution in [0, 0.1) is 11.3 Å². The number of ketones is 1. The van der Waals surface area contributed by atoms with Crippen LogP contribution in [0.15, 0.2) is 48.5 Å². The van der Waals surface area contributed by atoms with E-state index in [-0.39, 0.29) is 11.5 Å². The van der Waals surface area contributed by atoms with Crippen molar-refractivity contribution in [2.75, 3.05) is 7.11 Å². The van der Waals surface area contributed by atoms with Gasteiger partial charge in [0.05, 0.1) is 18.7 Å². The molecule has 0 aliphatic rings. The third-order valence-electron chi connectivity index (χ3n) is 2.93. The van der Waals surface area contributed by atoms with Crippen molar-refractivity contribution in [1.29, 1.82) is 5.26 Å². The van der Waals surface area contributed by atoms with E-state index in [1.165, 1.54) is 19.3 Å². The van der Waals surface area contributed by atoms with Gasteiger partial charge in [0.25, 0.3) is 0 Å². The Balaban J connectivity index is 2.14. The lowest BCUT2D eigenvalue weighted by atomic mass is 10.1. The lowest BCUT2D eigenvalue weighted by Crippen LogP contribution is -1.93. The van der Waals surface area contributed by atoms with Gasteiger partial charge in [-0.15, -0.1) is 0 Å². The van der Waals surface area contributed by atoms with Crippen molar-refractivity contribution in [3.8, 4) is 17.6 Å². The first-order valence-electron chi connectivity index (χ1n) is 6.23. The zero-order valence-corrected chi connectivity index (χ0v) is 11.4. The average Bonchev–Trinajstić information content (AvgIpc) is 2.52. The molecule has 0 radical (unpaired) electrons. The number of aromatic hydroxyl groups is 1. The minimum absolute atomic E-state index is 0.0190. The van der Waals surface area contributed by atoms with E-state index >= 15 is 0 Å². The lowest BCUT2D eigenvalue weighted by molar-refractivity contribution is 0.104. The van der Waals surface area contributed by atoms with Gasteiger partial charge < -0.3 is 9.84 Å². The van der Waals surface area contributed by atoms with Crippen molar-refractivity contribution in [1.82, 2.24) is 0 Å². The summed E-state index contributed by atoms with van der Waals surface area (Å²) in [5.74, 6) is 0.228. The number of hydrogen-bond donors (Lipinski definition) is 1. The largest absolute Gasteiger partial charge is 0.504 e. The predicted molar refractivity (Wildman–Crippen MR) is 79.2 cm³/mol. The maximum atomic E-state index is 12.0. The van der Waals surface area contributed by atoms with Crippen molar-refractivity contribution in [2.45, 2.75) is 0 Å². The van der Waals surface area contributed by atoms with Crippen LogP contribution in [0.3, 0.4) is 0 Å². The van der Waals surface area contributed by atoms with Gasteiger partial charge in [0.2, 0.25) is 0 Å². The number of carbonyl (C=O) groups is 1. The molecule has 1 N–H and O–H groups in total. The standard InChI is InChI=1S/C17H13NO3/c1-21-17-9-5-12(10-16(17)20)4-8-15(19)14-6-2-13(11-18)3-7-14/h2-10,20H,1H3. The molecule has 21 heavy (non-hydrogen) atoms. The molecular formula is C17H13NO3. The van der Waals surface area contributed by atoms with Crippen LogP contribution in [0.4, 0.5) is 0 Å². The molecule has 0 aromatic heterocycles. The Bertz CT molecular complexity index is 725. The Morgan fingerprint density at radius 1 is 1.24 bits per heavy atom. The van der Waals surface area contributed by atoms with E-state index in [4.69, 9.17) is 10.00 Å². The monoisotopic (exact) mass is 279 g/mol. The molecule has 0 aliphatic carbocycles. The quantitative estimate of drug-likeness (QED) is 0.689. The van der Waals surface area contributed by atoms with Gasteiger partial charge >= 0.3 is 0 Å². The fourth-order valence-electron chi connectivity index (χ4n) is 1.79. The minimum Gasteiger partial charge on any atom is -0.504 e. The molecule has 0 aliphatic heterocycles. The molecule has 104 valence electrons. The normalized spacial score (nSPS) is 10.3. The topological polar surface area (TPSA) is 70.3 Å². The Hall–Kier alpha value is -3.06. The minimum atomic E-state index is -0.171. The van der Waals surface area contributed by atoms with Crippen molar-refractivity contribution < 1.29 is 14.6 Å². The second-order valence-electron chi connectivity index (χ2n) is 4.32. The number of hydrogen-bond acceptors (Lipinski definition) is 4. The zero-order chi connectivity index (χ0) is 15.2. The highest BCUT2D eigenvalue weighted by atomic mass is 16.5. The van der Waals surface area contributed by atoms with E-state index in [1.54, 1.807) is 42.5 Å². The first-order chi connectivity index (χ1) is 10.1. The van der Waals surface area contributed by atoms with Gasteiger partial charge in [-0.3, -0.25) is 4.79 Å². The van der Waals surface area contributed by atoms with Gasteiger partial charge in [-0.1, -0.05) is 12.1 Å². The molecule has 0 amide bonds. The summed E-state index contributed by atoms with van der Waals surface area (Å²) < 4.78 is 4.95. The number of benzene rings is 2. The van der Waals surface area contributed by atoms with Gasteiger partial charge in [0.1, 0.15) is 0 Å². The Kier molecular flexibility index (Phi) is 4.37. The van der Waals surface area contributed by atoms with Gasteiger partial charge in [0, 0.05) is 5.56 Å². The van der Waals surface area contributed by atoms with Gasteiger partial charge in [-0.25, -0.2) is 0 Å². The van der Waals surface area contributed by atoms with Gasteiger partial charge in [0.15, 0.2) is 17.3 Å². The molecule has 2 aromatic carbocycles. The van der Waals surface area contributed by atoms with Crippen LogP contribution in [-0.4, -0.2) is 18.0 Å². The molecule has 2 aromatic rings. The number of carbonyl (C=O) groups excluding carboxylic acids is 1. The second kappa shape index (κ2) is 6.40. The molecule has 0 atom stereocenters. The van der Waals surface area contributed by atoms with Crippen LogP contribution in [0.5, 0.6) is 11.5 Å². The summed E-state index contributed by atoms with van der Waals surface area (Å²) in [5, 5.41) is 18.4. The Labute approximate surface area is 122 Å². The van der Waals surface area contributed by atoms with E-state index in [2.05, 4.69) is 0 Å². The SMILES string of the molecule is COc1ccc(C=CC(=O)c2ccc(C#N)cc2)cc1O. The average molecular weight is 279 g/mol. The maximum Gasteiger partial charge on any atom is 0.185 e. The van der Waals surface area contributed by atoms with E-state index < -0.39 is 0 Å². The highest BCUT2D eigenvalue weighted by molar-refractivity contribution is 6.06. The number of rotatable bonds is 4. The van der Waals surface area contributed by atoms with Crippen molar-refractivity contribution in [3.05, 3.63) is 65.2 Å². The van der Waals surface area contributed by atoms with E-state index in [9.17, 15) is 9.90 Å². The molecule has 0 saturated carbocycles. The molecule has 4 heteroatoms. The van der Waals surface area contributed by atoms with Crippen LogP contribution >= 0.6 is 0 Å². The molecule has 4 nitrogen and oxygen atoms in total. The number of nitrogens with zero attached hydrogens (tertiary/aromatic N) is 1. The van der Waals surface area contributed by atoms with Crippen LogP contribution in [0.25, 0.3) is 6.08 Å². The van der Waals surface area contributed by atoms with Crippen LogP contribution in [-0.2, 0) is 0 Å². The molecule has 0 saturated heterocycles. The summed E-state index contributed by atoms with van der Waals surface area (Å²) in [6, 6.07) is 13.3. The summed E-state index contributed by atoms with van der Waals surface area (Å²) in [4.78, 5) is 12.0. The molecule has 0 spiro atoms. The number of methoxy groups -OCH3 is 1. The van der Waals surface area contributed by atoms with Gasteiger partial charge in [-0.05, 0) is 48.0 Å². The number of phenolic OH excluding ortho intramolecular Hbond substituents is 1. The Morgan fingerprint density at radius 3 is 2.52 bits per heavy atom. The highest BCUT2D eigenvalue weighted by Gasteiger charge is 2.03. The molecule has 0 bridgehead atoms. The number of allylic oxidation sites excluding steroid dienone is 1. The predicted octanol–water partition coefficient (Wildman–Crippen LogP) is 3.17. The molecule has 0 fully saturated rings. The first-order valence-corrected chi connectivity index (χ1v) is 6.23. The van der Waals surface area contributed by atoms with Gasteiger partial charge in [-0.2, -0.15) is 5.26 Å². The number of nitriles is 1. The lowest BCUT2D eigenvalue weighted by Gasteiger charge is -2.03. The molecule has 2 rings (SSSR count). The molecule has 0 unspecified atom stereocenters. The fourth-order valence-corrected chi connectivity index (χ4v) is 1.79. The van der Waals surface area contributed by atoms with Crippen molar-refractivity contribution in [2.24, 2.45) is 0 Å². The summed E-state index contributed by atoms with van der Waals surface area (Å²) in [5.41, 5.74) is 1.70. The van der Waals surface area contributed by atoms with Crippen LogP contribution in [0.2, 0.25) is 0 Å². The van der Waals surface area contributed by atoms with Crippen LogP contribution in [0.1, 0.15) is 21.5 Å². The zero-order valence-electron chi connectivity index (χ0n) is 11.4. The highest BCUT2D eigenvalue weighted by Crippen LogP contribution is 2.26.